The minimum absolute atomic E-state index is 0.935. The van der Waals surface area contributed by atoms with Crippen molar-refractivity contribution < 1.29 is 0 Å². The number of hydrogen-bond acceptors (Lipinski definition) is 2. The smallest absolute Gasteiger partial charge is 0.0337 e. The third-order valence-electron chi connectivity index (χ3n) is 1.62. The summed E-state index contributed by atoms with van der Waals surface area (Å²) in [5.74, 6) is 0. The molecule has 1 aromatic carbocycles. The summed E-state index contributed by atoms with van der Waals surface area (Å²) in [5, 5.41) is 6.18. The highest BCUT2D eigenvalue weighted by atomic mass is 14.8. The van der Waals surface area contributed by atoms with Gasteiger partial charge < -0.3 is 10.6 Å². The summed E-state index contributed by atoms with van der Waals surface area (Å²) < 4.78 is 0. The maximum atomic E-state index is 3.10. The third kappa shape index (κ3) is 4.53. The van der Waals surface area contributed by atoms with E-state index in [4.69, 9.17) is 0 Å². The van der Waals surface area contributed by atoms with Gasteiger partial charge in [-0.1, -0.05) is 26.0 Å². The van der Waals surface area contributed by atoms with Gasteiger partial charge in [0.05, 0.1) is 0 Å². The van der Waals surface area contributed by atoms with E-state index in [1.807, 2.05) is 27.9 Å². The zero-order valence-electron chi connectivity index (χ0n) is 9.02. The Labute approximate surface area is 81.4 Å². The van der Waals surface area contributed by atoms with Crippen LogP contribution in [0.2, 0.25) is 0 Å². The molecule has 2 nitrogen and oxygen atoms in total. The Bertz CT molecular complexity index is 204. The number of hydrogen-bond donors (Lipinski definition) is 2. The van der Waals surface area contributed by atoms with Gasteiger partial charge in [-0.25, -0.2) is 0 Å². The molecule has 0 fully saturated rings. The predicted octanol–water partition coefficient (Wildman–Crippen LogP) is 2.47. The van der Waals surface area contributed by atoms with Crippen LogP contribution in [-0.2, 0) is 6.54 Å². The van der Waals surface area contributed by atoms with Crippen molar-refractivity contribution in [2.75, 3.05) is 19.4 Å². The molecule has 0 aromatic heterocycles. The lowest BCUT2D eigenvalue weighted by Crippen LogP contribution is -2.04. The topological polar surface area (TPSA) is 24.1 Å². The lowest BCUT2D eigenvalue weighted by Gasteiger charge is -2.01. The fourth-order valence-corrected chi connectivity index (χ4v) is 0.993. The number of benzene rings is 1. The molecule has 0 amide bonds. The van der Waals surface area contributed by atoms with Crippen LogP contribution in [0, 0.1) is 0 Å². The van der Waals surface area contributed by atoms with Gasteiger partial charge in [-0.2, -0.15) is 0 Å². The van der Waals surface area contributed by atoms with E-state index in [2.05, 4.69) is 34.9 Å². The molecule has 0 bridgehead atoms. The molecule has 0 aliphatic carbocycles. The van der Waals surface area contributed by atoms with E-state index < -0.39 is 0 Å². The first-order valence-electron chi connectivity index (χ1n) is 4.78. The molecule has 0 heterocycles. The van der Waals surface area contributed by atoms with E-state index in [0.29, 0.717) is 0 Å². The second-order valence-corrected chi connectivity index (χ2v) is 2.48. The van der Waals surface area contributed by atoms with E-state index in [-0.39, 0.29) is 0 Å². The van der Waals surface area contributed by atoms with Gasteiger partial charge in [0.25, 0.3) is 0 Å². The van der Waals surface area contributed by atoms with Gasteiger partial charge in [-0.05, 0) is 24.7 Å². The average molecular weight is 180 g/mol. The first-order chi connectivity index (χ1) is 6.36. The summed E-state index contributed by atoms with van der Waals surface area (Å²) in [6, 6.07) is 8.38. The SMILES string of the molecule is CC.CNCc1ccc(NC)cc1. The lowest BCUT2D eigenvalue weighted by molar-refractivity contribution is 0.818. The Morgan fingerprint density at radius 3 is 1.92 bits per heavy atom. The van der Waals surface area contributed by atoms with Crippen molar-refractivity contribution in [2.24, 2.45) is 0 Å². The molecule has 13 heavy (non-hydrogen) atoms. The van der Waals surface area contributed by atoms with Gasteiger partial charge in [0.2, 0.25) is 0 Å². The van der Waals surface area contributed by atoms with Crippen LogP contribution >= 0.6 is 0 Å². The van der Waals surface area contributed by atoms with Crippen LogP contribution in [0.3, 0.4) is 0 Å². The maximum absolute atomic E-state index is 3.10. The zero-order valence-corrected chi connectivity index (χ0v) is 9.02. The van der Waals surface area contributed by atoms with Crippen molar-refractivity contribution in [3.63, 3.8) is 0 Å². The van der Waals surface area contributed by atoms with E-state index in [1.165, 1.54) is 5.56 Å². The summed E-state index contributed by atoms with van der Waals surface area (Å²) in [4.78, 5) is 0. The number of nitrogens with one attached hydrogen (secondary N) is 2. The van der Waals surface area contributed by atoms with Crippen LogP contribution in [0.15, 0.2) is 24.3 Å². The molecule has 2 heteroatoms. The molecule has 0 saturated carbocycles. The quantitative estimate of drug-likeness (QED) is 0.746. The minimum atomic E-state index is 0.935. The van der Waals surface area contributed by atoms with E-state index >= 15 is 0 Å². The summed E-state index contributed by atoms with van der Waals surface area (Å²) in [6.45, 7) is 4.93. The highest BCUT2D eigenvalue weighted by molar-refractivity contribution is 5.43. The van der Waals surface area contributed by atoms with Crippen LogP contribution in [0.5, 0.6) is 0 Å². The van der Waals surface area contributed by atoms with Crippen LogP contribution in [0.4, 0.5) is 5.69 Å². The van der Waals surface area contributed by atoms with Crippen LogP contribution in [0.1, 0.15) is 19.4 Å². The highest BCUT2D eigenvalue weighted by Gasteiger charge is 1.89. The molecule has 1 aromatic rings. The van der Waals surface area contributed by atoms with Crippen molar-refractivity contribution in [3.05, 3.63) is 29.8 Å². The predicted molar refractivity (Wildman–Crippen MR) is 60.1 cm³/mol. The number of anilines is 1. The van der Waals surface area contributed by atoms with Gasteiger partial charge in [-0.3, -0.25) is 0 Å². The molecule has 0 aliphatic rings. The Kier molecular flexibility index (Phi) is 7.02. The average Bonchev–Trinajstić information content (AvgIpc) is 2.23. The molecule has 0 radical (unpaired) electrons. The second-order valence-electron chi connectivity index (χ2n) is 2.48. The van der Waals surface area contributed by atoms with E-state index in [9.17, 15) is 0 Å². The van der Waals surface area contributed by atoms with Crippen LogP contribution in [-0.4, -0.2) is 14.1 Å². The molecule has 0 spiro atoms. The van der Waals surface area contributed by atoms with Crippen molar-refractivity contribution >= 4 is 5.69 Å². The zero-order chi connectivity index (χ0) is 10.1. The molecule has 74 valence electrons. The van der Waals surface area contributed by atoms with Crippen molar-refractivity contribution in [2.45, 2.75) is 20.4 Å². The van der Waals surface area contributed by atoms with Crippen LogP contribution in [0.25, 0.3) is 0 Å². The molecule has 0 saturated heterocycles. The molecular formula is C11H20N2. The Morgan fingerprint density at radius 1 is 1.00 bits per heavy atom. The molecule has 0 atom stereocenters. The standard InChI is InChI=1S/C9H14N2.C2H6/c1-10-7-8-3-5-9(11-2)6-4-8;1-2/h3-6,10-11H,7H2,1-2H3;1-2H3. The molecule has 2 N–H and O–H groups in total. The van der Waals surface area contributed by atoms with Crippen molar-refractivity contribution in [3.8, 4) is 0 Å². The third-order valence-corrected chi connectivity index (χ3v) is 1.62. The van der Waals surface area contributed by atoms with Crippen molar-refractivity contribution in [1.29, 1.82) is 0 Å². The first-order valence-corrected chi connectivity index (χ1v) is 4.78. The summed E-state index contributed by atoms with van der Waals surface area (Å²) in [5.41, 5.74) is 2.47. The van der Waals surface area contributed by atoms with E-state index in [1.54, 1.807) is 0 Å². The Morgan fingerprint density at radius 2 is 1.54 bits per heavy atom. The van der Waals surface area contributed by atoms with Gasteiger partial charge in [0, 0.05) is 19.3 Å². The highest BCUT2D eigenvalue weighted by Crippen LogP contribution is 2.07. The minimum Gasteiger partial charge on any atom is -0.388 e. The van der Waals surface area contributed by atoms with Gasteiger partial charge in [0.15, 0.2) is 0 Å². The summed E-state index contributed by atoms with van der Waals surface area (Å²) in [6.07, 6.45) is 0. The van der Waals surface area contributed by atoms with Gasteiger partial charge >= 0.3 is 0 Å². The normalized spacial score (nSPS) is 8.62. The molecule has 1 rings (SSSR count). The monoisotopic (exact) mass is 180 g/mol. The second kappa shape index (κ2) is 7.62. The van der Waals surface area contributed by atoms with Crippen LogP contribution < -0.4 is 10.6 Å². The fraction of sp³-hybridized carbons (Fsp3) is 0.455. The van der Waals surface area contributed by atoms with Gasteiger partial charge in [0.1, 0.15) is 0 Å². The first kappa shape index (κ1) is 12.0. The maximum Gasteiger partial charge on any atom is 0.0337 e. The fourth-order valence-electron chi connectivity index (χ4n) is 0.993. The summed E-state index contributed by atoms with van der Waals surface area (Å²) >= 11 is 0. The molecule has 0 aliphatic heterocycles. The Balaban J connectivity index is 0.000000671. The number of rotatable bonds is 3. The lowest BCUT2D eigenvalue weighted by atomic mass is 10.2. The molecular weight excluding hydrogens is 160 g/mol. The largest absolute Gasteiger partial charge is 0.388 e. The van der Waals surface area contributed by atoms with E-state index in [0.717, 1.165) is 12.2 Å². The molecule has 0 unspecified atom stereocenters. The summed E-state index contributed by atoms with van der Waals surface area (Å²) in [7, 11) is 3.87. The van der Waals surface area contributed by atoms with Gasteiger partial charge in [-0.15, -0.1) is 0 Å². The Hall–Kier alpha value is -1.02. The van der Waals surface area contributed by atoms with Crippen molar-refractivity contribution in [1.82, 2.24) is 5.32 Å².